The number of nitrogens with two attached hydrogens (primary N) is 1. The van der Waals surface area contributed by atoms with Crippen molar-refractivity contribution in [3.8, 4) is 17.9 Å². The summed E-state index contributed by atoms with van der Waals surface area (Å²) in [6.45, 7) is 7.75. The van der Waals surface area contributed by atoms with E-state index in [1.54, 1.807) is 37.7 Å². The van der Waals surface area contributed by atoms with Gasteiger partial charge in [-0.15, -0.1) is 17.7 Å². The van der Waals surface area contributed by atoms with E-state index in [2.05, 4.69) is 21.6 Å². The second kappa shape index (κ2) is 13.5. The Bertz CT molecular complexity index is 1900. The fourth-order valence-corrected chi connectivity index (χ4v) is 9.43. The minimum Gasteiger partial charge on any atom is -0.461 e. The number of aryl methyl sites for hydroxylation is 1. The Hall–Kier alpha value is -3.79. The largest absolute Gasteiger partial charge is 0.461 e. The molecule has 1 amide bonds. The zero-order valence-corrected chi connectivity index (χ0v) is 30.1. The summed E-state index contributed by atoms with van der Waals surface area (Å²) in [4.78, 5) is 29.3. The van der Waals surface area contributed by atoms with Crippen LogP contribution in [0.1, 0.15) is 82.0 Å². The van der Waals surface area contributed by atoms with Crippen LogP contribution in [0.4, 0.5) is 15.9 Å². The Morgan fingerprint density at radius 2 is 2.08 bits per heavy atom. The SMILES string of the molecule is CC#Cc1cc(N)cc(C2Cc3nc(OC[C@@]45CCCN4C/C(=C\F)C5)nc(N4CCCn5nc(C(=O)N(C)C)c(C)c5C4)c3CS2)c1Cl. The normalized spacial score (nSPS) is 22.6. The van der Waals surface area contributed by atoms with Crippen molar-refractivity contribution >= 4 is 40.8 Å². The van der Waals surface area contributed by atoms with E-state index in [1.807, 2.05) is 23.7 Å². The first kappa shape index (κ1) is 33.7. The molecule has 2 N–H and O–H groups in total. The number of fused-ring (bicyclic) bond motifs is 3. The van der Waals surface area contributed by atoms with Crippen LogP contribution in [-0.2, 0) is 25.3 Å². The van der Waals surface area contributed by atoms with Crippen molar-refractivity contribution < 1.29 is 13.9 Å². The molecular formula is C36H42ClFN8O2S. The van der Waals surface area contributed by atoms with Crippen LogP contribution in [0.25, 0.3) is 0 Å². The van der Waals surface area contributed by atoms with Crippen LogP contribution >= 0.6 is 23.4 Å². The number of hydrogen-bond donors (Lipinski definition) is 1. The minimum absolute atomic E-state index is 0.0138. The highest BCUT2D eigenvalue weighted by atomic mass is 35.5. The fraction of sp³-hybridized carbons (Fsp3) is 0.500. The van der Waals surface area contributed by atoms with Gasteiger partial charge in [0.2, 0.25) is 0 Å². The maximum atomic E-state index is 13.6. The van der Waals surface area contributed by atoms with E-state index in [0.717, 1.165) is 83.7 Å². The number of anilines is 2. The molecule has 10 nitrogen and oxygen atoms in total. The smallest absolute Gasteiger partial charge is 0.318 e. The van der Waals surface area contributed by atoms with Crippen molar-refractivity contribution in [2.75, 3.05) is 51.0 Å². The molecule has 0 saturated carbocycles. The fourth-order valence-electron chi connectivity index (χ4n) is 7.78. The van der Waals surface area contributed by atoms with Crippen LogP contribution in [0.15, 0.2) is 24.0 Å². The molecule has 2 aromatic heterocycles. The molecule has 2 atom stereocenters. The van der Waals surface area contributed by atoms with Gasteiger partial charge in [0.25, 0.3) is 5.91 Å². The van der Waals surface area contributed by atoms with Crippen LogP contribution in [0.2, 0.25) is 5.02 Å². The summed E-state index contributed by atoms with van der Waals surface area (Å²) < 4.78 is 22.1. The molecule has 4 aliphatic rings. The summed E-state index contributed by atoms with van der Waals surface area (Å²) in [5.74, 6) is 7.45. The van der Waals surface area contributed by atoms with Crippen LogP contribution in [0.3, 0.4) is 0 Å². The number of thioether (sulfide) groups is 1. The molecule has 1 unspecified atom stereocenters. The van der Waals surface area contributed by atoms with Crippen molar-refractivity contribution in [3.05, 3.63) is 68.4 Å². The second-order valence-electron chi connectivity index (χ2n) is 13.7. The first-order valence-electron chi connectivity index (χ1n) is 16.8. The topological polar surface area (TPSA) is 106 Å². The van der Waals surface area contributed by atoms with Gasteiger partial charge in [0, 0.05) is 73.5 Å². The number of ether oxygens (including phenoxy) is 1. The van der Waals surface area contributed by atoms with Crippen molar-refractivity contribution in [1.82, 2.24) is 29.5 Å². The van der Waals surface area contributed by atoms with Gasteiger partial charge in [0.15, 0.2) is 5.69 Å². The first-order valence-corrected chi connectivity index (χ1v) is 18.3. The maximum Gasteiger partial charge on any atom is 0.318 e. The Morgan fingerprint density at radius 3 is 2.86 bits per heavy atom. The molecule has 49 heavy (non-hydrogen) atoms. The summed E-state index contributed by atoms with van der Waals surface area (Å²) in [6, 6.07) is 4.09. The average molecular weight is 705 g/mol. The highest BCUT2D eigenvalue weighted by Gasteiger charge is 2.47. The Morgan fingerprint density at radius 1 is 1.24 bits per heavy atom. The lowest BCUT2D eigenvalue weighted by Crippen LogP contribution is -2.43. The molecule has 0 radical (unpaired) electrons. The van der Waals surface area contributed by atoms with Crippen LogP contribution in [0, 0.1) is 18.8 Å². The predicted octanol–water partition coefficient (Wildman–Crippen LogP) is 5.70. The van der Waals surface area contributed by atoms with Crippen molar-refractivity contribution in [2.24, 2.45) is 0 Å². The molecule has 258 valence electrons. The lowest BCUT2D eigenvalue weighted by Gasteiger charge is -2.32. The first-order chi connectivity index (χ1) is 23.6. The molecule has 7 rings (SSSR count). The van der Waals surface area contributed by atoms with E-state index in [1.165, 1.54) is 0 Å². The second-order valence-corrected chi connectivity index (χ2v) is 15.3. The quantitative estimate of drug-likeness (QED) is 0.256. The maximum absolute atomic E-state index is 13.6. The number of halogens is 2. The summed E-state index contributed by atoms with van der Waals surface area (Å²) in [6.07, 6.45) is 4.87. The summed E-state index contributed by atoms with van der Waals surface area (Å²) in [5.41, 5.74) is 13.5. The molecule has 0 aliphatic carbocycles. The number of hydrogen-bond acceptors (Lipinski definition) is 9. The molecule has 4 aliphatic heterocycles. The van der Waals surface area contributed by atoms with Crippen LogP contribution in [0.5, 0.6) is 6.01 Å². The third kappa shape index (κ3) is 6.26. The highest BCUT2D eigenvalue weighted by Crippen LogP contribution is 2.47. The molecule has 1 aromatic carbocycles. The minimum atomic E-state index is -0.247. The van der Waals surface area contributed by atoms with Gasteiger partial charge in [0.05, 0.1) is 34.8 Å². The highest BCUT2D eigenvalue weighted by molar-refractivity contribution is 7.98. The van der Waals surface area contributed by atoms with E-state index < -0.39 is 0 Å². The number of carbonyl (C=O) groups is 1. The average Bonchev–Trinajstić information content (AvgIpc) is 3.68. The number of nitrogen functional groups attached to an aromatic ring is 1. The Kier molecular flexibility index (Phi) is 9.28. The number of amides is 1. The molecule has 0 bridgehead atoms. The number of nitrogens with zero attached hydrogens (tertiary/aromatic N) is 7. The van der Waals surface area contributed by atoms with E-state index in [4.69, 9.17) is 37.1 Å². The van der Waals surface area contributed by atoms with Gasteiger partial charge in [-0.1, -0.05) is 17.5 Å². The van der Waals surface area contributed by atoms with Gasteiger partial charge in [-0.25, -0.2) is 4.39 Å². The molecule has 0 spiro atoms. The molecule has 2 saturated heterocycles. The van der Waals surface area contributed by atoms with Crippen molar-refractivity contribution in [1.29, 1.82) is 0 Å². The van der Waals surface area contributed by atoms with E-state index in [-0.39, 0.29) is 16.7 Å². The standard InChI is InChI=1S/C36H42ClFN8O2S/c1-5-8-24-13-25(39)14-26(31(24)37)30-15-28-27(20-49-30)33(41-35(40-28)48-21-36-9-6-11-45(36)18-23(16-36)17-38)44-10-7-12-46-29(19-44)22(2)32(42-46)34(47)43(3)4/h13-14,17,30H,6-7,9-12,15-16,18-21,39H2,1-4H3/b23-17-/t30?,36-/m0/s1. The number of aromatic nitrogens is 4. The third-order valence-electron chi connectivity index (χ3n) is 10.3. The number of rotatable bonds is 6. The van der Waals surface area contributed by atoms with E-state index in [0.29, 0.717) is 67.3 Å². The zero-order valence-electron chi connectivity index (χ0n) is 28.5. The van der Waals surface area contributed by atoms with Gasteiger partial charge < -0.3 is 20.3 Å². The van der Waals surface area contributed by atoms with Gasteiger partial charge in [-0.3, -0.25) is 14.4 Å². The van der Waals surface area contributed by atoms with Gasteiger partial charge in [0.1, 0.15) is 12.4 Å². The van der Waals surface area contributed by atoms with E-state index in [9.17, 15) is 9.18 Å². The van der Waals surface area contributed by atoms with Gasteiger partial charge >= 0.3 is 6.01 Å². The van der Waals surface area contributed by atoms with Crippen LogP contribution < -0.4 is 15.4 Å². The Balaban J connectivity index is 1.25. The monoisotopic (exact) mass is 704 g/mol. The lowest BCUT2D eigenvalue weighted by molar-refractivity contribution is 0.0820. The number of carbonyl (C=O) groups excluding carboxylic acids is 1. The van der Waals surface area contributed by atoms with Gasteiger partial charge in [-0.05, 0) is 69.3 Å². The van der Waals surface area contributed by atoms with Crippen molar-refractivity contribution in [3.63, 3.8) is 0 Å². The summed E-state index contributed by atoms with van der Waals surface area (Å²) >= 11 is 8.71. The van der Waals surface area contributed by atoms with E-state index >= 15 is 0 Å². The van der Waals surface area contributed by atoms with Crippen molar-refractivity contribution in [2.45, 2.75) is 75.6 Å². The predicted molar refractivity (Wildman–Crippen MR) is 192 cm³/mol. The molecule has 2 fully saturated rings. The zero-order chi connectivity index (χ0) is 34.4. The molecular weight excluding hydrogens is 663 g/mol. The van der Waals surface area contributed by atoms with Crippen LogP contribution in [-0.4, -0.2) is 81.3 Å². The molecule has 3 aromatic rings. The Labute approximate surface area is 296 Å². The molecule has 6 heterocycles. The number of benzene rings is 1. The summed E-state index contributed by atoms with van der Waals surface area (Å²) in [5, 5.41) is 5.36. The van der Waals surface area contributed by atoms with Gasteiger partial charge in [-0.2, -0.15) is 15.1 Å². The molecule has 13 heteroatoms. The lowest BCUT2D eigenvalue weighted by atomic mass is 9.94. The third-order valence-corrected chi connectivity index (χ3v) is 12.0. The summed E-state index contributed by atoms with van der Waals surface area (Å²) in [7, 11) is 3.50.